The van der Waals surface area contributed by atoms with E-state index in [4.69, 9.17) is 11.6 Å². The van der Waals surface area contributed by atoms with Crippen molar-refractivity contribution in [1.29, 1.82) is 0 Å². The fourth-order valence-corrected chi connectivity index (χ4v) is 4.32. The highest BCUT2D eigenvalue weighted by Crippen LogP contribution is 2.31. The molecule has 1 aromatic rings. The third kappa shape index (κ3) is 3.28. The smallest absolute Gasteiger partial charge is 0.328 e. The number of nitrogens with one attached hydrogen (secondary N) is 1. The summed E-state index contributed by atoms with van der Waals surface area (Å²) in [5.41, 5.74) is 0.685. The summed E-state index contributed by atoms with van der Waals surface area (Å²) >= 11 is 6.09. The van der Waals surface area contributed by atoms with E-state index in [1.807, 2.05) is 0 Å². The number of carboxylic acid groups (broad SMARTS) is 1. The number of fused-ring (bicyclic) bond motifs is 3. The molecule has 0 radical (unpaired) electrons. The van der Waals surface area contributed by atoms with Crippen LogP contribution in [0.15, 0.2) is 23.3 Å². The van der Waals surface area contributed by atoms with Gasteiger partial charge in [-0.05, 0) is 19.1 Å². The van der Waals surface area contributed by atoms with Crippen LogP contribution >= 0.6 is 11.6 Å². The van der Waals surface area contributed by atoms with Crippen LogP contribution in [0.3, 0.4) is 0 Å². The SMILES string of the molecule is CC1=NN(CC(=O)O)C2NC3C(C(=O)N(Cc4c(F)cccc4Cl)C(=O)N3C)N2C1. The Kier molecular flexibility index (Phi) is 5.12. The number of urea groups is 1. The van der Waals surface area contributed by atoms with Crippen LogP contribution in [-0.2, 0) is 16.1 Å². The molecule has 3 aliphatic heterocycles. The fourth-order valence-electron chi connectivity index (χ4n) is 4.10. The summed E-state index contributed by atoms with van der Waals surface area (Å²) in [6.45, 7) is 1.38. The second-order valence-electron chi connectivity index (χ2n) is 7.45. The van der Waals surface area contributed by atoms with E-state index < -0.39 is 42.2 Å². The fraction of sp³-hybridized carbons (Fsp3) is 0.444. The number of hydrazone groups is 1. The predicted molar refractivity (Wildman–Crippen MR) is 104 cm³/mol. The number of halogens is 2. The maximum atomic E-state index is 14.3. The molecule has 12 heteroatoms. The number of aliphatic carboxylic acids is 1. The van der Waals surface area contributed by atoms with Gasteiger partial charge in [0.2, 0.25) is 0 Å². The molecule has 3 amide bonds. The van der Waals surface area contributed by atoms with Crippen LogP contribution in [0.2, 0.25) is 5.02 Å². The van der Waals surface area contributed by atoms with Gasteiger partial charge in [0, 0.05) is 29.9 Å². The lowest BCUT2D eigenvalue weighted by Crippen LogP contribution is -2.66. The third-order valence-corrected chi connectivity index (χ3v) is 5.78. The number of benzene rings is 1. The molecule has 2 saturated heterocycles. The molecule has 3 unspecified atom stereocenters. The van der Waals surface area contributed by atoms with Crippen LogP contribution in [0, 0.1) is 5.82 Å². The summed E-state index contributed by atoms with van der Waals surface area (Å²) in [4.78, 5) is 41.6. The Hall–Kier alpha value is -2.76. The zero-order chi connectivity index (χ0) is 21.7. The van der Waals surface area contributed by atoms with Gasteiger partial charge in [0.15, 0.2) is 6.29 Å². The zero-order valence-corrected chi connectivity index (χ0v) is 17.0. The van der Waals surface area contributed by atoms with Gasteiger partial charge in [-0.1, -0.05) is 17.7 Å². The van der Waals surface area contributed by atoms with Gasteiger partial charge in [-0.15, -0.1) is 0 Å². The molecule has 3 aliphatic rings. The van der Waals surface area contributed by atoms with Crippen LogP contribution < -0.4 is 5.32 Å². The number of likely N-dealkylation sites (N-methyl/N-ethyl adjacent to an activating group) is 1. The van der Waals surface area contributed by atoms with Gasteiger partial charge in [-0.2, -0.15) is 5.10 Å². The maximum Gasteiger partial charge on any atom is 0.328 e. The van der Waals surface area contributed by atoms with Crippen molar-refractivity contribution in [2.24, 2.45) is 5.10 Å². The lowest BCUT2D eigenvalue weighted by Gasteiger charge is -2.42. The number of carbonyl (C=O) groups excluding carboxylic acids is 2. The first-order chi connectivity index (χ1) is 14.2. The summed E-state index contributed by atoms with van der Waals surface area (Å²) in [6.07, 6.45) is -1.35. The molecule has 2 N–H and O–H groups in total. The molecule has 30 heavy (non-hydrogen) atoms. The van der Waals surface area contributed by atoms with Crippen molar-refractivity contribution in [3.8, 4) is 0 Å². The van der Waals surface area contributed by atoms with E-state index in [0.29, 0.717) is 12.3 Å². The number of carbonyl (C=O) groups is 3. The molecule has 2 fully saturated rings. The van der Waals surface area contributed by atoms with E-state index >= 15 is 0 Å². The Morgan fingerprint density at radius 3 is 2.80 bits per heavy atom. The first-order valence-corrected chi connectivity index (χ1v) is 9.62. The molecular formula is C18H20ClFN6O4. The Morgan fingerprint density at radius 2 is 2.13 bits per heavy atom. The van der Waals surface area contributed by atoms with Crippen LogP contribution in [0.4, 0.5) is 9.18 Å². The molecule has 0 spiro atoms. The molecular weight excluding hydrogens is 419 g/mol. The molecule has 160 valence electrons. The summed E-state index contributed by atoms with van der Waals surface area (Å²) < 4.78 is 14.3. The standard InChI is InChI=1S/C18H20ClFN6O4/c1-9-6-24-14-15(21-17(24)26(22-9)8-13(27)28)23(2)18(30)25(16(14)29)7-10-11(19)4-3-5-12(10)20/h3-5,14-15,17,21H,6-8H2,1-2H3,(H,27,28). The van der Waals surface area contributed by atoms with Crippen molar-refractivity contribution >= 4 is 35.2 Å². The minimum Gasteiger partial charge on any atom is -0.480 e. The number of imide groups is 1. The monoisotopic (exact) mass is 438 g/mol. The van der Waals surface area contributed by atoms with Crippen molar-refractivity contribution in [3.05, 3.63) is 34.6 Å². The van der Waals surface area contributed by atoms with Crippen LogP contribution in [0.5, 0.6) is 0 Å². The molecule has 0 aromatic heterocycles. The van der Waals surface area contributed by atoms with Crippen LogP contribution in [0.25, 0.3) is 0 Å². The Labute approximate surface area is 176 Å². The summed E-state index contributed by atoms with van der Waals surface area (Å²) in [5.74, 6) is -2.19. The van der Waals surface area contributed by atoms with E-state index in [0.717, 1.165) is 4.90 Å². The number of amides is 3. The van der Waals surface area contributed by atoms with Crippen LogP contribution in [-0.4, -0.2) is 87.1 Å². The lowest BCUT2D eigenvalue weighted by molar-refractivity contribution is -0.141. The largest absolute Gasteiger partial charge is 0.480 e. The Balaban J connectivity index is 1.66. The van der Waals surface area contributed by atoms with Gasteiger partial charge in [0.05, 0.1) is 6.54 Å². The molecule has 0 saturated carbocycles. The number of rotatable bonds is 4. The Bertz CT molecular complexity index is 938. The minimum atomic E-state index is -1.07. The molecule has 3 heterocycles. The van der Waals surface area contributed by atoms with Crippen molar-refractivity contribution in [2.75, 3.05) is 20.1 Å². The highest BCUT2D eigenvalue weighted by molar-refractivity contribution is 6.31. The van der Waals surface area contributed by atoms with E-state index in [1.165, 1.54) is 35.2 Å². The number of hydrogen-bond donors (Lipinski definition) is 2. The topological polar surface area (TPSA) is 109 Å². The first-order valence-electron chi connectivity index (χ1n) is 9.24. The molecule has 3 atom stereocenters. The van der Waals surface area contributed by atoms with Gasteiger partial charge in [-0.25, -0.2) is 14.1 Å². The predicted octanol–water partition coefficient (Wildman–Crippen LogP) is 0.533. The van der Waals surface area contributed by atoms with Gasteiger partial charge >= 0.3 is 12.0 Å². The average molecular weight is 439 g/mol. The van der Waals surface area contributed by atoms with E-state index in [1.54, 1.807) is 11.8 Å². The van der Waals surface area contributed by atoms with E-state index in [9.17, 15) is 23.9 Å². The maximum absolute atomic E-state index is 14.3. The summed E-state index contributed by atoms with van der Waals surface area (Å²) in [5, 5.41) is 18.0. The number of carboxylic acids is 1. The summed E-state index contributed by atoms with van der Waals surface area (Å²) in [7, 11) is 1.53. The molecule has 0 aliphatic carbocycles. The minimum absolute atomic E-state index is 0.0547. The van der Waals surface area contributed by atoms with Gasteiger partial charge in [0.25, 0.3) is 5.91 Å². The highest BCUT2D eigenvalue weighted by atomic mass is 35.5. The van der Waals surface area contributed by atoms with Crippen molar-refractivity contribution in [2.45, 2.75) is 32.0 Å². The molecule has 0 bridgehead atoms. The quantitative estimate of drug-likeness (QED) is 0.706. The molecule has 10 nitrogen and oxygen atoms in total. The number of hydrogen-bond acceptors (Lipinski definition) is 7. The van der Waals surface area contributed by atoms with Gasteiger partial charge < -0.3 is 10.0 Å². The van der Waals surface area contributed by atoms with Crippen molar-refractivity contribution < 1.29 is 23.9 Å². The normalized spacial score (nSPS) is 26.6. The van der Waals surface area contributed by atoms with Gasteiger partial charge in [0.1, 0.15) is 24.6 Å². The first kappa shape index (κ1) is 20.5. The van der Waals surface area contributed by atoms with E-state index in [-0.39, 0.29) is 23.7 Å². The average Bonchev–Trinajstić information content (AvgIpc) is 3.05. The van der Waals surface area contributed by atoms with Crippen molar-refractivity contribution in [1.82, 2.24) is 25.0 Å². The van der Waals surface area contributed by atoms with Crippen LogP contribution in [0.1, 0.15) is 12.5 Å². The lowest BCUT2D eigenvalue weighted by atomic mass is 10.1. The second kappa shape index (κ2) is 7.49. The second-order valence-corrected chi connectivity index (χ2v) is 7.85. The van der Waals surface area contributed by atoms with E-state index in [2.05, 4.69) is 10.4 Å². The highest BCUT2D eigenvalue weighted by Gasteiger charge is 2.56. The molecule has 1 aromatic carbocycles. The number of nitrogens with zero attached hydrogens (tertiary/aromatic N) is 5. The Morgan fingerprint density at radius 1 is 1.40 bits per heavy atom. The third-order valence-electron chi connectivity index (χ3n) is 5.43. The zero-order valence-electron chi connectivity index (χ0n) is 16.2. The molecule has 4 rings (SSSR count). The summed E-state index contributed by atoms with van der Waals surface area (Å²) in [6, 6.07) is 2.77. The van der Waals surface area contributed by atoms with Crippen molar-refractivity contribution in [3.63, 3.8) is 0 Å². The van der Waals surface area contributed by atoms with Gasteiger partial charge in [-0.3, -0.25) is 24.8 Å².